The van der Waals surface area contributed by atoms with E-state index in [1.165, 1.54) is 0 Å². The SMILES string of the molecule is N#Cc1ccc(Br)cc1N1CCN(C(=O)[C@H](Cc2ccc(Cl)cc2)NC(=O)c2cc(=O)c3ccccc3o2)CC1. The highest BCUT2D eigenvalue weighted by Crippen LogP contribution is 2.26. The van der Waals surface area contributed by atoms with E-state index in [-0.39, 0.29) is 23.5 Å². The van der Waals surface area contributed by atoms with Gasteiger partial charge in [-0.25, -0.2) is 0 Å². The predicted octanol–water partition coefficient (Wildman–Crippen LogP) is 4.77. The van der Waals surface area contributed by atoms with Gasteiger partial charge in [0.25, 0.3) is 5.91 Å². The normalized spacial score (nSPS) is 14.0. The van der Waals surface area contributed by atoms with Crippen LogP contribution in [0.5, 0.6) is 0 Å². The first-order valence-electron chi connectivity index (χ1n) is 12.6. The minimum absolute atomic E-state index is 0.166. The van der Waals surface area contributed by atoms with Gasteiger partial charge in [0.15, 0.2) is 11.2 Å². The van der Waals surface area contributed by atoms with Crippen molar-refractivity contribution >= 4 is 56.0 Å². The van der Waals surface area contributed by atoms with Crippen molar-refractivity contribution in [2.75, 3.05) is 31.1 Å². The molecular formula is C30H24BrClN4O4. The first-order valence-corrected chi connectivity index (χ1v) is 13.8. The van der Waals surface area contributed by atoms with Crippen LogP contribution in [0.25, 0.3) is 11.0 Å². The van der Waals surface area contributed by atoms with Crippen LogP contribution < -0.4 is 15.6 Å². The number of nitriles is 1. The van der Waals surface area contributed by atoms with E-state index in [9.17, 15) is 19.6 Å². The van der Waals surface area contributed by atoms with Gasteiger partial charge in [0, 0.05) is 48.2 Å². The average molecular weight is 620 g/mol. The molecule has 1 N–H and O–H groups in total. The third-order valence-electron chi connectivity index (χ3n) is 6.83. The van der Waals surface area contributed by atoms with Gasteiger partial charge in [0.2, 0.25) is 5.91 Å². The summed E-state index contributed by atoms with van der Waals surface area (Å²) in [5.74, 6) is -1.07. The number of piperazine rings is 1. The summed E-state index contributed by atoms with van der Waals surface area (Å²) in [6.07, 6.45) is 0.226. The van der Waals surface area contributed by atoms with Crippen LogP contribution in [0.15, 0.2) is 86.5 Å². The molecule has 3 aromatic carbocycles. The minimum Gasteiger partial charge on any atom is -0.451 e. The molecule has 0 bridgehead atoms. The number of para-hydroxylation sites is 1. The molecule has 1 atom stereocenters. The number of amides is 2. The lowest BCUT2D eigenvalue weighted by Crippen LogP contribution is -2.55. The summed E-state index contributed by atoms with van der Waals surface area (Å²) in [6, 6.07) is 21.7. The molecule has 0 radical (unpaired) electrons. The number of halogens is 2. The van der Waals surface area contributed by atoms with Crippen LogP contribution in [0.3, 0.4) is 0 Å². The lowest BCUT2D eigenvalue weighted by atomic mass is 10.0. The Balaban J connectivity index is 1.35. The molecule has 1 aromatic heterocycles. The minimum atomic E-state index is -0.905. The lowest BCUT2D eigenvalue weighted by molar-refractivity contribution is -0.133. The highest BCUT2D eigenvalue weighted by Gasteiger charge is 2.30. The van der Waals surface area contributed by atoms with Gasteiger partial charge >= 0.3 is 0 Å². The lowest BCUT2D eigenvalue weighted by Gasteiger charge is -2.38. The van der Waals surface area contributed by atoms with E-state index in [1.807, 2.05) is 12.1 Å². The second kappa shape index (κ2) is 11.9. The summed E-state index contributed by atoms with van der Waals surface area (Å²) in [7, 11) is 0. The monoisotopic (exact) mass is 618 g/mol. The largest absolute Gasteiger partial charge is 0.451 e. The Morgan fingerprint density at radius 3 is 2.48 bits per heavy atom. The van der Waals surface area contributed by atoms with Crippen molar-refractivity contribution in [1.29, 1.82) is 5.26 Å². The van der Waals surface area contributed by atoms with Gasteiger partial charge in [0.1, 0.15) is 17.7 Å². The number of anilines is 1. The van der Waals surface area contributed by atoms with Gasteiger partial charge < -0.3 is 19.5 Å². The molecule has 10 heteroatoms. The molecule has 0 spiro atoms. The smallest absolute Gasteiger partial charge is 0.287 e. The summed E-state index contributed by atoms with van der Waals surface area (Å²) < 4.78 is 6.57. The Hall–Kier alpha value is -4.13. The summed E-state index contributed by atoms with van der Waals surface area (Å²) in [6.45, 7) is 1.87. The van der Waals surface area contributed by atoms with Gasteiger partial charge in [-0.15, -0.1) is 0 Å². The summed E-state index contributed by atoms with van der Waals surface area (Å²) in [4.78, 5) is 43.3. The molecule has 40 heavy (non-hydrogen) atoms. The van der Waals surface area contributed by atoms with Crippen LogP contribution in [-0.2, 0) is 11.2 Å². The maximum absolute atomic E-state index is 13.8. The predicted molar refractivity (Wildman–Crippen MR) is 157 cm³/mol. The van der Waals surface area contributed by atoms with Crippen LogP contribution in [0, 0.1) is 11.3 Å². The first-order chi connectivity index (χ1) is 19.3. The number of benzene rings is 3. The molecule has 4 aromatic rings. The Labute approximate surface area is 243 Å². The van der Waals surface area contributed by atoms with Crippen LogP contribution in [-0.4, -0.2) is 48.9 Å². The number of nitrogens with zero attached hydrogens (tertiary/aromatic N) is 3. The molecule has 2 heterocycles. The summed E-state index contributed by atoms with van der Waals surface area (Å²) >= 11 is 9.51. The average Bonchev–Trinajstić information content (AvgIpc) is 2.97. The van der Waals surface area contributed by atoms with Gasteiger partial charge in [-0.2, -0.15) is 5.26 Å². The molecule has 1 aliphatic heterocycles. The van der Waals surface area contributed by atoms with Crippen molar-refractivity contribution in [2.45, 2.75) is 12.5 Å². The van der Waals surface area contributed by atoms with Gasteiger partial charge in [-0.05, 0) is 48.0 Å². The van der Waals surface area contributed by atoms with Crippen molar-refractivity contribution in [3.8, 4) is 6.07 Å². The fourth-order valence-electron chi connectivity index (χ4n) is 4.75. The van der Waals surface area contributed by atoms with Crippen LogP contribution in [0.2, 0.25) is 5.02 Å². The fourth-order valence-corrected chi connectivity index (χ4v) is 5.23. The van der Waals surface area contributed by atoms with Crippen molar-refractivity contribution in [3.05, 3.63) is 109 Å². The molecule has 1 fully saturated rings. The van der Waals surface area contributed by atoms with E-state index < -0.39 is 11.9 Å². The molecular weight excluding hydrogens is 596 g/mol. The maximum atomic E-state index is 13.8. The van der Waals surface area contributed by atoms with Crippen LogP contribution in [0.4, 0.5) is 5.69 Å². The zero-order valence-corrected chi connectivity index (χ0v) is 23.6. The number of carbonyl (C=O) groups is 2. The van der Waals surface area contributed by atoms with E-state index in [2.05, 4.69) is 32.2 Å². The Kier molecular flexibility index (Phi) is 8.19. The second-order valence-corrected chi connectivity index (χ2v) is 10.8. The molecule has 0 unspecified atom stereocenters. The Morgan fingerprint density at radius 2 is 1.75 bits per heavy atom. The maximum Gasteiger partial charge on any atom is 0.287 e. The Morgan fingerprint density at radius 1 is 1.02 bits per heavy atom. The van der Waals surface area contributed by atoms with E-state index in [0.717, 1.165) is 21.8 Å². The Bertz CT molecular complexity index is 1670. The highest BCUT2D eigenvalue weighted by molar-refractivity contribution is 9.10. The van der Waals surface area contributed by atoms with E-state index >= 15 is 0 Å². The number of fused-ring (bicyclic) bond motifs is 1. The molecule has 202 valence electrons. The second-order valence-electron chi connectivity index (χ2n) is 9.41. The molecule has 1 saturated heterocycles. The standard InChI is InChI=1S/C30H24BrClN4O4/c31-21-8-7-20(18-33)25(16-21)35-11-13-36(14-12-35)30(39)24(15-19-5-9-22(32)10-6-19)34-29(38)28-17-26(37)23-3-1-2-4-27(23)40-28/h1-10,16-17,24H,11-15H2,(H,34,38)/t24-/m0/s1. The van der Waals surface area contributed by atoms with E-state index in [1.54, 1.807) is 59.5 Å². The van der Waals surface area contributed by atoms with Crippen molar-refractivity contribution < 1.29 is 14.0 Å². The molecule has 8 nitrogen and oxygen atoms in total. The van der Waals surface area contributed by atoms with Crippen molar-refractivity contribution in [1.82, 2.24) is 10.2 Å². The highest BCUT2D eigenvalue weighted by atomic mass is 79.9. The third-order valence-corrected chi connectivity index (χ3v) is 7.57. The van der Waals surface area contributed by atoms with Crippen molar-refractivity contribution in [3.63, 3.8) is 0 Å². The summed E-state index contributed by atoms with van der Waals surface area (Å²) in [5.41, 5.74) is 2.14. The molecule has 0 aliphatic carbocycles. The third kappa shape index (κ3) is 6.03. The topological polar surface area (TPSA) is 107 Å². The fraction of sp³-hybridized carbons (Fsp3) is 0.200. The molecule has 2 amide bonds. The number of carbonyl (C=O) groups excluding carboxylic acids is 2. The first kappa shape index (κ1) is 27.4. The van der Waals surface area contributed by atoms with Crippen molar-refractivity contribution in [2.24, 2.45) is 0 Å². The van der Waals surface area contributed by atoms with Gasteiger partial charge in [-0.1, -0.05) is 51.8 Å². The molecule has 1 aliphatic rings. The van der Waals surface area contributed by atoms with E-state index in [4.69, 9.17) is 16.0 Å². The van der Waals surface area contributed by atoms with Crippen LogP contribution >= 0.6 is 27.5 Å². The number of nitrogens with one attached hydrogen (secondary N) is 1. The quantitative estimate of drug-likeness (QED) is 0.333. The van der Waals surface area contributed by atoms with Gasteiger partial charge in [-0.3, -0.25) is 14.4 Å². The van der Waals surface area contributed by atoms with E-state index in [0.29, 0.717) is 47.7 Å². The number of hydrogen-bond acceptors (Lipinski definition) is 6. The molecule has 5 rings (SSSR count). The van der Waals surface area contributed by atoms with Crippen LogP contribution in [0.1, 0.15) is 21.7 Å². The zero-order valence-electron chi connectivity index (χ0n) is 21.3. The zero-order chi connectivity index (χ0) is 28.2. The number of hydrogen-bond donors (Lipinski definition) is 1. The van der Waals surface area contributed by atoms with Gasteiger partial charge in [0.05, 0.1) is 16.6 Å². The number of rotatable bonds is 6. The molecule has 0 saturated carbocycles. The summed E-state index contributed by atoms with van der Waals surface area (Å²) in [5, 5.41) is 13.3.